The molecule has 0 atom stereocenters. The van der Waals surface area contributed by atoms with Crippen LogP contribution < -0.4 is 0 Å². The van der Waals surface area contributed by atoms with Crippen molar-refractivity contribution in [3.05, 3.63) is 0 Å². The first-order valence-corrected chi connectivity index (χ1v) is 6.97. The average molecular weight is 285 g/mol. The van der Waals surface area contributed by atoms with Crippen LogP contribution in [0.1, 0.15) is 39.0 Å². The van der Waals surface area contributed by atoms with E-state index in [-0.39, 0.29) is 13.2 Å². The molecule has 0 aromatic rings. The van der Waals surface area contributed by atoms with Gasteiger partial charge < -0.3 is 14.4 Å². The standard InChI is InChI=1S/C14H23NO5/c1-4-20-11(16)10-15(2)13(18)12(17)14(19-3)8-6-5-7-9-14/h4-10H2,1-3H3. The maximum absolute atomic E-state index is 12.4. The van der Waals surface area contributed by atoms with E-state index in [0.29, 0.717) is 12.8 Å². The minimum Gasteiger partial charge on any atom is -0.465 e. The molecule has 1 fully saturated rings. The van der Waals surface area contributed by atoms with Crippen LogP contribution in [-0.4, -0.2) is 55.5 Å². The van der Waals surface area contributed by atoms with Crippen LogP contribution in [-0.2, 0) is 23.9 Å². The molecule has 1 saturated carbocycles. The predicted molar refractivity (Wildman–Crippen MR) is 72.1 cm³/mol. The highest BCUT2D eigenvalue weighted by molar-refractivity contribution is 6.39. The first-order valence-electron chi connectivity index (χ1n) is 6.97. The van der Waals surface area contributed by atoms with Crippen molar-refractivity contribution >= 4 is 17.7 Å². The number of ketones is 1. The molecule has 0 aromatic carbocycles. The van der Waals surface area contributed by atoms with E-state index in [1.807, 2.05) is 0 Å². The second-order valence-corrected chi connectivity index (χ2v) is 5.05. The fourth-order valence-electron chi connectivity index (χ4n) is 2.49. The Labute approximate surface area is 119 Å². The van der Waals surface area contributed by atoms with E-state index in [4.69, 9.17) is 9.47 Å². The summed E-state index contributed by atoms with van der Waals surface area (Å²) < 4.78 is 10.1. The topological polar surface area (TPSA) is 72.9 Å². The summed E-state index contributed by atoms with van der Waals surface area (Å²) >= 11 is 0. The number of hydrogen-bond acceptors (Lipinski definition) is 5. The molecule has 0 aliphatic heterocycles. The quantitative estimate of drug-likeness (QED) is 0.536. The van der Waals surface area contributed by atoms with Crippen LogP contribution in [0.3, 0.4) is 0 Å². The number of methoxy groups -OCH3 is 1. The zero-order valence-corrected chi connectivity index (χ0v) is 12.4. The molecule has 1 aliphatic carbocycles. The van der Waals surface area contributed by atoms with Crippen LogP contribution >= 0.6 is 0 Å². The van der Waals surface area contributed by atoms with Crippen LogP contribution in [0, 0.1) is 0 Å². The summed E-state index contributed by atoms with van der Waals surface area (Å²) in [6.07, 6.45) is 3.90. The Balaban J connectivity index is 2.69. The summed E-state index contributed by atoms with van der Waals surface area (Å²) in [5.74, 6) is -1.78. The Morgan fingerprint density at radius 3 is 2.25 bits per heavy atom. The van der Waals surface area contributed by atoms with Crippen molar-refractivity contribution in [1.29, 1.82) is 0 Å². The van der Waals surface area contributed by atoms with Crippen molar-refractivity contribution in [3.63, 3.8) is 0 Å². The van der Waals surface area contributed by atoms with E-state index >= 15 is 0 Å². The summed E-state index contributed by atoms with van der Waals surface area (Å²) in [5, 5.41) is 0. The van der Waals surface area contributed by atoms with Gasteiger partial charge in [0.05, 0.1) is 6.61 Å². The molecule has 0 radical (unpaired) electrons. The van der Waals surface area contributed by atoms with Crippen LogP contribution in [0.2, 0.25) is 0 Å². The van der Waals surface area contributed by atoms with E-state index < -0.39 is 23.3 Å². The monoisotopic (exact) mass is 285 g/mol. The van der Waals surface area contributed by atoms with E-state index in [1.54, 1.807) is 6.92 Å². The average Bonchev–Trinajstić information content (AvgIpc) is 2.46. The predicted octanol–water partition coefficient (Wildman–Crippen LogP) is 0.926. The lowest BCUT2D eigenvalue weighted by atomic mass is 9.81. The molecule has 0 unspecified atom stereocenters. The molecule has 1 aliphatic rings. The number of carbonyl (C=O) groups excluding carboxylic acids is 3. The molecule has 20 heavy (non-hydrogen) atoms. The number of nitrogens with zero attached hydrogens (tertiary/aromatic N) is 1. The van der Waals surface area contributed by atoms with Gasteiger partial charge in [-0.3, -0.25) is 14.4 Å². The summed E-state index contributed by atoms with van der Waals surface area (Å²) in [6, 6.07) is 0. The maximum Gasteiger partial charge on any atom is 0.325 e. The number of rotatable bonds is 6. The van der Waals surface area contributed by atoms with Gasteiger partial charge in [-0.1, -0.05) is 19.3 Å². The SMILES string of the molecule is CCOC(=O)CN(C)C(=O)C(=O)C1(OC)CCCCC1. The highest BCUT2D eigenvalue weighted by Gasteiger charge is 2.44. The normalized spacial score (nSPS) is 17.4. The number of esters is 1. The van der Waals surface area contributed by atoms with Crippen molar-refractivity contribution < 1.29 is 23.9 Å². The minimum atomic E-state index is -1.02. The maximum atomic E-state index is 12.4. The molecule has 0 saturated heterocycles. The van der Waals surface area contributed by atoms with Crippen LogP contribution in [0.4, 0.5) is 0 Å². The molecule has 1 amide bonds. The molecule has 0 aromatic heterocycles. The summed E-state index contributed by atoms with van der Waals surface area (Å²) in [6.45, 7) is 1.71. The molecule has 114 valence electrons. The van der Waals surface area contributed by atoms with Gasteiger partial charge in [0.2, 0.25) is 0 Å². The zero-order valence-electron chi connectivity index (χ0n) is 12.4. The van der Waals surface area contributed by atoms with Crippen molar-refractivity contribution in [1.82, 2.24) is 4.90 Å². The van der Waals surface area contributed by atoms with Gasteiger partial charge in [-0.25, -0.2) is 0 Å². The highest BCUT2D eigenvalue weighted by atomic mass is 16.5. The lowest BCUT2D eigenvalue weighted by molar-refractivity contribution is -0.161. The smallest absolute Gasteiger partial charge is 0.325 e. The zero-order chi connectivity index (χ0) is 15.2. The third-order valence-corrected chi connectivity index (χ3v) is 3.68. The first kappa shape index (κ1) is 16.6. The first-order chi connectivity index (χ1) is 9.46. The van der Waals surface area contributed by atoms with Crippen LogP contribution in [0.5, 0.6) is 0 Å². The molecule has 0 heterocycles. The molecule has 0 bridgehead atoms. The molecule has 0 spiro atoms. The minimum absolute atomic E-state index is 0.224. The van der Waals surface area contributed by atoms with E-state index in [0.717, 1.165) is 24.2 Å². The largest absolute Gasteiger partial charge is 0.465 e. The van der Waals surface area contributed by atoms with E-state index in [2.05, 4.69) is 0 Å². The lowest BCUT2D eigenvalue weighted by Gasteiger charge is -2.34. The molecular formula is C14H23NO5. The highest BCUT2D eigenvalue weighted by Crippen LogP contribution is 2.32. The van der Waals surface area contributed by atoms with Crippen molar-refractivity contribution in [2.75, 3.05) is 27.3 Å². The fourth-order valence-corrected chi connectivity index (χ4v) is 2.49. The van der Waals surface area contributed by atoms with Crippen LogP contribution in [0.25, 0.3) is 0 Å². The number of Topliss-reactive ketones (excluding diaryl/α,β-unsaturated/α-hetero) is 1. The Hall–Kier alpha value is -1.43. The summed E-state index contributed by atoms with van der Waals surface area (Å²) in [4.78, 5) is 36.9. The van der Waals surface area contributed by atoms with E-state index in [1.165, 1.54) is 14.2 Å². The van der Waals surface area contributed by atoms with Gasteiger partial charge in [0.15, 0.2) is 0 Å². The third kappa shape index (κ3) is 3.79. The van der Waals surface area contributed by atoms with Gasteiger partial charge >= 0.3 is 5.97 Å². The van der Waals surface area contributed by atoms with Crippen molar-refractivity contribution in [2.24, 2.45) is 0 Å². The van der Waals surface area contributed by atoms with Crippen LogP contribution in [0.15, 0.2) is 0 Å². The lowest BCUT2D eigenvalue weighted by Crippen LogP contribution is -2.51. The molecule has 0 N–H and O–H groups in total. The number of ether oxygens (including phenoxy) is 2. The second-order valence-electron chi connectivity index (χ2n) is 5.05. The molecule has 1 rings (SSSR count). The van der Waals surface area contributed by atoms with Gasteiger partial charge in [-0.15, -0.1) is 0 Å². The molecule has 6 nitrogen and oxygen atoms in total. The Morgan fingerprint density at radius 2 is 1.75 bits per heavy atom. The summed E-state index contributed by atoms with van der Waals surface area (Å²) in [7, 11) is 2.88. The third-order valence-electron chi connectivity index (χ3n) is 3.68. The molecular weight excluding hydrogens is 262 g/mol. The Bertz CT molecular complexity index is 374. The van der Waals surface area contributed by atoms with Gasteiger partial charge in [-0.05, 0) is 19.8 Å². The van der Waals surface area contributed by atoms with Gasteiger partial charge in [0, 0.05) is 14.2 Å². The number of amides is 1. The number of hydrogen-bond donors (Lipinski definition) is 0. The van der Waals surface area contributed by atoms with Crippen molar-refractivity contribution in [2.45, 2.75) is 44.6 Å². The van der Waals surface area contributed by atoms with E-state index in [9.17, 15) is 14.4 Å². The second kappa shape index (κ2) is 7.38. The van der Waals surface area contributed by atoms with Crippen molar-refractivity contribution in [3.8, 4) is 0 Å². The van der Waals surface area contributed by atoms with Gasteiger partial charge in [0.25, 0.3) is 11.7 Å². The Kier molecular flexibility index (Phi) is 6.13. The fraction of sp³-hybridized carbons (Fsp3) is 0.786. The number of likely N-dealkylation sites (N-methyl/N-ethyl adjacent to an activating group) is 1. The molecule has 6 heteroatoms. The number of carbonyl (C=O) groups is 3. The van der Waals surface area contributed by atoms with Gasteiger partial charge in [-0.2, -0.15) is 0 Å². The summed E-state index contributed by atoms with van der Waals surface area (Å²) in [5.41, 5.74) is -1.02. The van der Waals surface area contributed by atoms with Gasteiger partial charge in [0.1, 0.15) is 12.1 Å². The Morgan fingerprint density at radius 1 is 1.15 bits per heavy atom.